The van der Waals surface area contributed by atoms with Gasteiger partial charge in [0.05, 0.1) is 18.2 Å². The van der Waals surface area contributed by atoms with Crippen LogP contribution < -0.4 is 10.1 Å². The molecule has 0 radical (unpaired) electrons. The number of carbonyl (C=O) groups is 1. The third-order valence-electron chi connectivity index (χ3n) is 5.18. The fourth-order valence-electron chi connectivity index (χ4n) is 3.83. The van der Waals surface area contributed by atoms with Crippen LogP contribution >= 0.6 is 0 Å². The van der Waals surface area contributed by atoms with Crippen molar-refractivity contribution < 1.29 is 19.0 Å². The molecule has 0 aromatic heterocycles. The van der Waals surface area contributed by atoms with Gasteiger partial charge in [-0.3, -0.25) is 0 Å². The number of nitrogens with zero attached hydrogens (tertiary/aromatic N) is 1. The topological polar surface area (TPSA) is 60.0 Å². The molecule has 3 heterocycles. The molecule has 0 bridgehead atoms. The van der Waals surface area contributed by atoms with Gasteiger partial charge in [0.15, 0.2) is 0 Å². The lowest BCUT2D eigenvalue weighted by Gasteiger charge is -2.29. The number of urea groups is 1. The quantitative estimate of drug-likeness (QED) is 0.890. The van der Waals surface area contributed by atoms with Crippen molar-refractivity contribution in [2.24, 2.45) is 0 Å². The summed E-state index contributed by atoms with van der Waals surface area (Å²) in [6.45, 7) is 3.33. The van der Waals surface area contributed by atoms with Gasteiger partial charge in [0.25, 0.3) is 0 Å². The van der Waals surface area contributed by atoms with Crippen LogP contribution in [0.15, 0.2) is 24.3 Å². The Morgan fingerprint density at radius 1 is 1.08 bits per heavy atom. The highest BCUT2D eigenvalue weighted by atomic mass is 16.5. The van der Waals surface area contributed by atoms with Gasteiger partial charge in [-0.15, -0.1) is 0 Å². The third-order valence-corrected chi connectivity index (χ3v) is 5.18. The molecular formula is C19H26N2O4. The van der Waals surface area contributed by atoms with Crippen molar-refractivity contribution in [3.63, 3.8) is 0 Å². The second-order valence-corrected chi connectivity index (χ2v) is 7.03. The molecule has 2 amide bonds. The molecule has 6 heteroatoms. The first-order valence-corrected chi connectivity index (χ1v) is 9.30. The zero-order valence-electron chi connectivity index (χ0n) is 14.5. The molecule has 2 fully saturated rings. The molecule has 3 aliphatic rings. The van der Waals surface area contributed by atoms with Crippen molar-refractivity contribution in [2.75, 3.05) is 32.9 Å². The van der Waals surface area contributed by atoms with E-state index in [2.05, 4.69) is 5.32 Å². The van der Waals surface area contributed by atoms with E-state index in [1.807, 2.05) is 29.2 Å². The van der Waals surface area contributed by atoms with Crippen LogP contribution in [-0.2, 0) is 9.47 Å². The van der Waals surface area contributed by atoms with Crippen LogP contribution in [0.2, 0.25) is 0 Å². The first kappa shape index (κ1) is 16.7. The van der Waals surface area contributed by atoms with Crippen LogP contribution in [0.25, 0.3) is 0 Å². The Balaban J connectivity index is 1.41. The van der Waals surface area contributed by atoms with E-state index < -0.39 is 0 Å². The monoisotopic (exact) mass is 346 g/mol. The third kappa shape index (κ3) is 3.90. The standard InChI is InChI=1S/C19H26N2O4/c22-19(20-17-13-25-18-8-2-1-7-16(17)18)21(11-14-5-3-9-23-14)12-15-6-4-10-24-15/h1-2,7-8,14-15,17H,3-6,9-13H2,(H,20,22)/t14-,15-,17-/m1/s1. The Morgan fingerprint density at radius 2 is 1.76 bits per heavy atom. The van der Waals surface area contributed by atoms with Crippen LogP contribution in [0, 0.1) is 0 Å². The number of para-hydroxylation sites is 1. The second kappa shape index (κ2) is 7.62. The van der Waals surface area contributed by atoms with Crippen LogP contribution in [0.5, 0.6) is 5.75 Å². The molecule has 136 valence electrons. The van der Waals surface area contributed by atoms with Gasteiger partial charge in [-0.05, 0) is 31.7 Å². The van der Waals surface area contributed by atoms with Gasteiger partial charge in [-0.25, -0.2) is 4.79 Å². The van der Waals surface area contributed by atoms with E-state index in [9.17, 15) is 4.79 Å². The van der Waals surface area contributed by atoms with Gasteiger partial charge < -0.3 is 24.4 Å². The average molecular weight is 346 g/mol. The molecule has 1 aromatic rings. The van der Waals surface area contributed by atoms with E-state index in [0.717, 1.165) is 50.2 Å². The molecule has 6 nitrogen and oxygen atoms in total. The minimum Gasteiger partial charge on any atom is -0.491 e. The lowest BCUT2D eigenvalue weighted by molar-refractivity contribution is 0.0491. The number of amides is 2. The van der Waals surface area contributed by atoms with Crippen LogP contribution in [-0.4, -0.2) is 56.0 Å². The zero-order valence-corrected chi connectivity index (χ0v) is 14.5. The van der Waals surface area contributed by atoms with Crippen molar-refractivity contribution in [3.8, 4) is 5.75 Å². The lowest BCUT2D eigenvalue weighted by atomic mass is 10.1. The van der Waals surface area contributed by atoms with Gasteiger partial charge in [-0.1, -0.05) is 18.2 Å². The van der Waals surface area contributed by atoms with Crippen LogP contribution in [0.4, 0.5) is 4.79 Å². The van der Waals surface area contributed by atoms with Crippen molar-refractivity contribution in [1.82, 2.24) is 10.2 Å². The van der Waals surface area contributed by atoms with Gasteiger partial charge in [0.1, 0.15) is 12.4 Å². The summed E-state index contributed by atoms with van der Waals surface area (Å²) in [5.41, 5.74) is 1.05. The molecule has 0 aliphatic carbocycles. The molecule has 4 rings (SSSR count). The Bertz CT molecular complexity index is 579. The van der Waals surface area contributed by atoms with Gasteiger partial charge >= 0.3 is 6.03 Å². The van der Waals surface area contributed by atoms with E-state index in [4.69, 9.17) is 14.2 Å². The van der Waals surface area contributed by atoms with Crippen molar-refractivity contribution in [1.29, 1.82) is 0 Å². The molecule has 3 aliphatic heterocycles. The molecule has 1 aromatic carbocycles. The first-order valence-electron chi connectivity index (χ1n) is 9.30. The second-order valence-electron chi connectivity index (χ2n) is 7.03. The highest BCUT2D eigenvalue weighted by Crippen LogP contribution is 2.31. The Kier molecular flexibility index (Phi) is 5.08. The Morgan fingerprint density at radius 3 is 2.40 bits per heavy atom. The summed E-state index contributed by atoms with van der Waals surface area (Å²) in [6.07, 6.45) is 4.46. The van der Waals surface area contributed by atoms with Gasteiger partial charge in [-0.2, -0.15) is 0 Å². The number of hydrogen-bond acceptors (Lipinski definition) is 4. The fourth-order valence-corrected chi connectivity index (χ4v) is 3.83. The van der Waals surface area contributed by atoms with Gasteiger partial charge in [0, 0.05) is 31.9 Å². The Labute approximate surface area is 148 Å². The molecule has 1 N–H and O–H groups in total. The van der Waals surface area contributed by atoms with Gasteiger partial charge in [0.2, 0.25) is 0 Å². The van der Waals surface area contributed by atoms with E-state index in [1.54, 1.807) is 0 Å². The van der Waals surface area contributed by atoms with E-state index >= 15 is 0 Å². The Hall–Kier alpha value is -1.79. The smallest absolute Gasteiger partial charge is 0.318 e. The first-order chi connectivity index (χ1) is 12.3. The normalized spacial score (nSPS) is 27.8. The molecule has 0 saturated carbocycles. The summed E-state index contributed by atoms with van der Waals surface area (Å²) in [5.74, 6) is 0.859. The number of rotatable bonds is 5. The number of hydrogen-bond donors (Lipinski definition) is 1. The summed E-state index contributed by atoms with van der Waals surface area (Å²) in [6, 6.07) is 7.72. The predicted octanol–water partition coefficient (Wildman–Crippen LogP) is 2.49. The molecule has 3 atom stereocenters. The summed E-state index contributed by atoms with van der Waals surface area (Å²) >= 11 is 0. The number of nitrogens with one attached hydrogen (secondary N) is 1. The minimum atomic E-state index is -0.0970. The molecular weight excluding hydrogens is 320 g/mol. The summed E-state index contributed by atoms with van der Waals surface area (Å²) in [7, 11) is 0. The van der Waals surface area contributed by atoms with Crippen LogP contribution in [0.3, 0.4) is 0 Å². The number of benzene rings is 1. The molecule has 2 saturated heterocycles. The average Bonchev–Trinajstić information content (AvgIpc) is 3.37. The highest BCUT2D eigenvalue weighted by molar-refractivity contribution is 5.75. The molecule has 0 unspecified atom stereocenters. The maximum Gasteiger partial charge on any atom is 0.318 e. The molecule has 25 heavy (non-hydrogen) atoms. The zero-order chi connectivity index (χ0) is 17.1. The highest BCUT2D eigenvalue weighted by Gasteiger charge is 2.30. The maximum atomic E-state index is 12.9. The lowest BCUT2D eigenvalue weighted by Crippen LogP contribution is -2.48. The summed E-state index contributed by atoms with van der Waals surface area (Å²) in [5, 5.41) is 3.13. The van der Waals surface area contributed by atoms with E-state index in [-0.39, 0.29) is 24.3 Å². The number of ether oxygens (including phenoxy) is 3. The number of fused-ring (bicyclic) bond motifs is 1. The van der Waals surface area contributed by atoms with E-state index in [1.165, 1.54) is 0 Å². The fraction of sp³-hybridized carbons (Fsp3) is 0.632. The van der Waals surface area contributed by atoms with E-state index in [0.29, 0.717) is 19.7 Å². The molecule has 0 spiro atoms. The van der Waals surface area contributed by atoms with Crippen molar-refractivity contribution in [3.05, 3.63) is 29.8 Å². The SMILES string of the molecule is O=C(N[C@@H]1COc2ccccc21)N(C[C@H]1CCCO1)C[C@H]1CCCO1. The minimum absolute atomic E-state index is 0.0590. The summed E-state index contributed by atoms with van der Waals surface area (Å²) in [4.78, 5) is 14.8. The number of carbonyl (C=O) groups excluding carboxylic acids is 1. The van der Waals surface area contributed by atoms with Crippen molar-refractivity contribution in [2.45, 2.75) is 43.9 Å². The predicted molar refractivity (Wildman–Crippen MR) is 92.7 cm³/mol. The summed E-state index contributed by atoms with van der Waals surface area (Å²) < 4.78 is 17.2. The largest absolute Gasteiger partial charge is 0.491 e. The van der Waals surface area contributed by atoms with Crippen molar-refractivity contribution >= 4 is 6.03 Å². The maximum absolute atomic E-state index is 12.9. The van der Waals surface area contributed by atoms with Crippen LogP contribution in [0.1, 0.15) is 37.3 Å².